The highest BCUT2D eigenvalue weighted by Crippen LogP contribution is 2.37. The number of H-pyrrole nitrogens is 1. The van der Waals surface area contributed by atoms with Crippen LogP contribution in [0, 0.1) is 13.8 Å². The molecule has 3 heterocycles. The standard InChI is InChI=1S/C15H19N3O2S/c1-9-13(10(2)17-16-9)11-5-4-7-18(11)15(19)14-12(20-3)6-8-21-14/h6,8,11H,4-5,7H2,1-3H3,(H,16,17)/t11-/m1/s1. The van der Waals surface area contributed by atoms with Crippen molar-refractivity contribution >= 4 is 17.2 Å². The van der Waals surface area contributed by atoms with Gasteiger partial charge in [-0.15, -0.1) is 11.3 Å². The number of amides is 1. The molecule has 1 amide bonds. The van der Waals surface area contributed by atoms with Gasteiger partial charge in [-0.25, -0.2) is 0 Å². The number of aryl methyl sites for hydroxylation is 2. The predicted octanol–water partition coefficient (Wildman–Crippen LogP) is 3.07. The number of hydrogen-bond donors (Lipinski definition) is 1. The molecule has 0 aliphatic carbocycles. The van der Waals surface area contributed by atoms with Crippen LogP contribution < -0.4 is 4.74 Å². The van der Waals surface area contributed by atoms with Crippen LogP contribution in [0.1, 0.15) is 45.5 Å². The zero-order valence-electron chi connectivity index (χ0n) is 12.5. The van der Waals surface area contributed by atoms with E-state index in [0.717, 1.165) is 36.3 Å². The van der Waals surface area contributed by atoms with E-state index in [9.17, 15) is 4.79 Å². The first-order chi connectivity index (χ1) is 10.1. The van der Waals surface area contributed by atoms with Gasteiger partial charge in [0.25, 0.3) is 5.91 Å². The molecule has 0 aromatic carbocycles. The number of hydrogen-bond acceptors (Lipinski definition) is 4. The molecule has 2 aromatic heterocycles. The third kappa shape index (κ3) is 2.33. The summed E-state index contributed by atoms with van der Waals surface area (Å²) in [6.07, 6.45) is 2.01. The van der Waals surface area contributed by atoms with Gasteiger partial charge >= 0.3 is 0 Å². The van der Waals surface area contributed by atoms with E-state index in [1.54, 1.807) is 7.11 Å². The number of rotatable bonds is 3. The largest absolute Gasteiger partial charge is 0.495 e. The first-order valence-electron chi connectivity index (χ1n) is 7.07. The van der Waals surface area contributed by atoms with Crippen molar-refractivity contribution in [3.8, 4) is 5.75 Å². The summed E-state index contributed by atoms with van der Waals surface area (Å²) >= 11 is 1.44. The SMILES string of the molecule is COc1ccsc1C(=O)N1CCC[C@@H]1c1c(C)n[nH]c1C. The van der Waals surface area contributed by atoms with Crippen molar-refractivity contribution in [3.05, 3.63) is 33.3 Å². The lowest BCUT2D eigenvalue weighted by Crippen LogP contribution is -2.30. The molecule has 6 heteroatoms. The van der Waals surface area contributed by atoms with Crippen LogP contribution in [-0.2, 0) is 0 Å². The van der Waals surface area contributed by atoms with Crippen LogP contribution in [-0.4, -0.2) is 34.7 Å². The maximum absolute atomic E-state index is 12.8. The van der Waals surface area contributed by atoms with Gasteiger partial charge in [0.2, 0.25) is 0 Å². The molecule has 1 N–H and O–H groups in total. The van der Waals surface area contributed by atoms with E-state index in [0.29, 0.717) is 10.6 Å². The second-order valence-corrected chi connectivity index (χ2v) is 6.24. The van der Waals surface area contributed by atoms with E-state index >= 15 is 0 Å². The van der Waals surface area contributed by atoms with Crippen LogP contribution in [0.25, 0.3) is 0 Å². The Morgan fingerprint density at radius 2 is 2.33 bits per heavy atom. The van der Waals surface area contributed by atoms with E-state index in [1.807, 2.05) is 30.2 Å². The molecule has 0 spiro atoms. The molecule has 1 aliphatic heterocycles. The minimum Gasteiger partial charge on any atom is -0.495 e. The maximum atomic E-state index is 12.8. The number of likely N-dealkylation sites (tertiary alicyclic amines) is 1. The Morgan fingerprint density at radius 3 is 3.00 bits per heavy atom. The highest BCUT2D eigenvalue weighted by atomic mass is 32.1. The quantitative estimate of drug-likeness (QED) is 0.948. The summed E-state index contributed by atoms with van der Waals surface area (Å²) in [4.78, 5) is 15.5. The van der Waals surface area contributed by atoms with Gasteiger partial charge < -0.3 is 9.64 Å². The first-order valence-corrected chi connectivity index (χ1v) is 7.95. The number of ether oxygens (including phenoxy) is 1. The van der Waals surface area contributed by atoms with Gasteiger partial charge in [0, 0.05) is 17.8 Å². The van der Waals surface area contributed by atoms with Gasteiger partial charge in [0.05, 0.1) is 18.8 Å². The number of aromatic amines is 1. The van der Waals surface area contributed by atoms with E-state index in [1.165, 1.54) is 11.3 Å². The molecule has 1 saturated heterocycles. The Hall–Kier alpha value is -1.82. The number of carbonyl (C=O) groups is 1. The van der Waals surface area contributed by atoms with Crippen molar-refractivity contribution in [3.63, 3.8) is 0 Å². The minimum absolute atomic E-state index is 0.0596. The Kier molecular flexibility index (Phi) is 3.71. The summed E-state index contributed by atoms with van der Waals surface area (Å²) in [5.74, 6) is 0.723. The van der Waals surface area contributed by atoms with Crippen molar-refractivity contribution in [2.24, 2.45) is 0 Å². The lowest BCUT2D eigenvalue weighted by Gasteiger charge is -2.25. The van der Waals surface area contributed by atoms with E-state index in [4.69, 9.17) is 4.74 Å². The molecule has 3 rings (SSSR count). The molecule has 112 valence electrons. The normalized spacial score (nSPS) is 18.2. The number of methoxy groups -OCH3 is 1. The topological polar surface area (TPSA) is 58.2 Å². The number of thiophene rings is 1. The average Bonchev–Trinajstić information content (AvgIpc) is 3.18. The molecule has 0 bridgehead atoms. The molecule has 5 nitrogen and oxygen atoms in total. The number of nitrogens with one attached hydrogen (secondary N) is 1. The average molecular weight is 305 g/mol. The molecular formula is C15H19N3O2S. The zero-order valence-corrected chi connectivity index (χ0v) is 13.3. The van der Waals surface area contributed by atoms with Gasteiger partial charge in [-0.3, -0.25) is 9.89 Å². The molecule has 1 atom stereocenters. The fourth-order valence-electron chi connectivity index (χ4n) is 3.11. The van der Waals surface area contributed by atoms with Crippen molar-refractivity contribution in [2.75, 3.05) is 13.7 Å². The maximum Gasteiger partial charge on any atom is 0.268 e. The van der Waals surface area contributed by atoms with Crippen molar-refractivity contribution in [1.29, 1.82) is 0 Å². The molecule has 0 saturated carbocycles. The molecule has 1 aliphatic rings. The molecule has 1 fully saturated rings. The van der Waals surface area contributed by atoms with Gasteiger partial charge in [0.1, 0.15) is 10.6 Å². The van der Waals surface area contributed by atoms with Gasteiger partial charge in [0.15, 0.2) is 0 Å². The van der Waals surface area contributed by atoms with Crippen molar-refractivity contribution < 1.29 is 9.53 Å². The molecular weight excluding hydrogens is 286 g/mol. The molecule has 21 heavy (non-hydrogen) atoms. The van der Waals surface area contributed by atoms with Crippen LogP contribution in [0.2, 0.25) is 0 Å². The molecule has 2 aromatic rings. The monoisotopic (exact) mass is 305 g/mol. The summed E-state index contributed by atoms with van der Waals surface area (Å²) in [5.41, 5.74) is 3.20. The Labute approximate surface area is 127 Å². The fourth-order valence-corrected chi connectivity index (χ4v) is 3.92. The highest BCUT2D eigenvalue weighted by molar-refractivity contribution is 7.12. The van der Waals surface area contributed by atoms with Gasteiger partial charge in [-0.05, 0) is 38.1 Å². The lowest BCUT2D eigenvalue weighted by molar-refractivity contribution is 0.0737. The van der Waals surface area contributed by atoms with E-state index in [-0.39, 0.29) is 11.9 Å². The third-order valence-electron chi connectivity index (χ3n) is 4.08. The Morgan fingerprint density at radius 1 is 1.52 bits per heavy atom. The number of nitrogens with zero attached hydrogens (tertiary/aromatic N) is 2. The van der Waals surface area contributed by atoms with E-state index < -0.39 is 0 Å². The molecule has 0 unspecified atom stereocenters. The van der Waals surface area contributed by atoms with Crippen LogP contribution in [0.15, 0.2) is 11.4 Å². The second kappa shape index (κ2) is 5.52. The third-order valence-corrected chi connectivity index (χ3v) is 4.96. The summed E-state index contributed by atoms with van der Waals surface area (Å²) in [5, 5.41) is 9.18. The van der Waals surface area contributed by atoms with Gasteiger partial charge in [-0.1, -0.05) is 0 Å². The Bertz CT molecular complexity index is 642. The highest BCUT2D eigenvalue weighted by Gasteiger charge is 2.34. The summed E-state index contributed by atoms with van der Waals surface area (Å²) in [6, 6.07) is 1.96. The number of carbonyl (C=O) groups excluding carboxylic acids is 1. The minimum atomic E-state index is 0.0596. The number of aromatic nitrogens is 2. The van der Waals surface area contributed by atoms with Crippen molar-refractivity contribution in [1.82, 2.24) is 15.1 Å². The van der Waals surface area contributed by atoms with Crippen LogP contribution >= 0.6 is 11.3 Å². The Balaban J connectivity index is 1.93. The zero-order chi connectivity index (χ0) is 15.0. The summed E-state index contributed by atoms with van der Waals surface area (Å²) < 4.78 is 5.28. The van der Waals surface area contributed by atoms with Crippen LogP contribution in [0.3, 0.4) is 0 Å². The van der Waals surface area contributed by atoms with Gasteiger partial charge in [-0.2, -0.15) is 5.10 Å². The van der Waals surface area contributed by atoms with Crippen molar-refractivity contribution in [2.45, 2.75) is 32.7 Å². The van der Waals surface area contributed by atoms with Crippen LogP contribution in [0.4, 0.5) is 0 Å². The smallest absolute Gasteiger partial charge is 0.268 e. The first kappa shape index (κ1) is 14.1. The van der Waals surface area contributed by atoms with Crippen LogP contribution in [0.5, 0.6) is 5.75 Å². The molecule has 0 radical (unpaired) electrons. The lowest BCUT2D eigenvalue weighted by atomic mass is 10.0. The summed E-state index contributed by atoms with van der Waals surface area (Å²) in [6.45, 7) is 4.79. The fraction of sp³-hybridized carbons (Fsp3) is 0.467. The summed E-state index contributed by atoms with van der Waals surface area (Å²) in [7, 11) is 1.60. The predicted molar refractivity (Wildman–Crippen MR) is 81.9 cm³/mol. The van der Waals surface area contributed by atoms with E-state index in [2.05, 4.69) is 10.2 Å². The second-order valence-electron chi connectivity index (χ2n) is 5.32.